The molecule has 4 rings (SSSR count). The fraction of sp³-hybridized carbons (Fsp3) is 0.391. The fourth-order valence-electron chi connectivity index (χ4n) is 4.75. The number of carbonyl (C=O) groups excluding carboxylic acids is 2. The summed E-state index contributed by atoms with van der Waals surface area (Å²) in [5.74, 6) is -1.61. The molecule has 1 heterocycles. The molecule has 158 valence electrons. The zero-order chi connectivity index (χ0) is 21.3. The summed E-state index contributed by atoms with van der Waals surface area (Å²) in [6.07, 6.45) is 4.38. The molecule has 3 atom stereocenters. The van der Waals surface area contributed by atoms with Crippen molar-refractivity contribution in [3.8, 4) is 5.75 Å². The van der Waals surface area contributed by atoms with E-state index in [0.717, 1.165) is 37.8 Å². The van der Waals surface area contributed by atoms with Gasteiger partial charge in [0.2, 0.25) is 5.91 Å². The molecule has 2 aromatic rings. The van der Waals surface area contributed by atoms with Crippen molar-refractivity contribution in [3.63, 3.8) is 0 Å². The SMILES string of the molecule is COc1ccccc1C(=O)N1[C@@H](C(=O)Nc2ccc(F)cc2F)C[C@@H]2CCCC[C@@H]21. The average Bonchev–Trinajstić information content (AvgIpc) is 3.15. The summed E-state index contributed by atoms with van der Waals surface area (Å²) in [5.41, 5.74) is 0.304. The molecule has 1 aliphatic heterocycles. The molecule has 1 saturated carbocycles. The van der Waals surface area contributed by atoms with Gasteiger partial charge in [-0.3, -0.25) is 9.59 Å². The van der Waals surface area contributed by atoms with Gasteiger partial charge in [0.15, 0.2) is 0 Å². The predicted octanol–water partition coefficient (Wildman–Crippen LogP) is 4.39. The number of ether oxygens (including phenoxy) is 1. The standard InChI is InChI=1S/C23H24F2N2O3/c1-30-21-9-5-3-7-16(21)23(29)27-19-8-4-2-6-14(19)12-20(27)22(28)26-18-11-10-15(24)13-17(18)25/h3,5,7,9-11,13-14,19-20H,2,4,6,8,12H2,1H3,(H,26,28)/t14-,19-,20+/m0/s1. The van der Waals surface area contributed by atoms with Crippen molar-refractivity contribution >= 4 is 17.5 Å². The molecular formula is C23H24F2N2O3. The van der Waals surface area contributed by atoms with Crippen LogP contribution in [0.15, 0.2) is 42.5 Å². The Labute approximate surface area is 174 Å². The summed E-state index contributed by atoms with van der Waals surface area (Å²) in [6.45, 7) is 0. The van der Waals surface area contributed by atoms with Crippen LogP contribution >= 0.6 is 0 Å². The first-order valence-electron chi connectivity index (χ1n) is 10.2. The number of hydrogen-bond acceptors (Lipinski definition) is 3. The maximum atomic E-state index is 14.1. The summed E-state index contributed by atoms with van der Waals surface area (Å²) in [6, 6.07) is 9.18. The van der Waals surface area contributed by atoms with E-state index in [0.29, 0.717) is 17.7 Å². The van der Waals surface area contributed by atoms with Crippen molar-refractivity contribution in [2.75, 3.05) is 12.4 Å². The van der Waals surface area contributed by atoms with Gasteiger partial charge in [-0.25, -0.2) is 8.78 Å². The molecule has 5 nitrogen and oxygen atoms in total. The molecule has 0 spiro atoms. The van der Waals surface area contributed by atoms with E-state index in [1.54, 1.807) is 29.2 Å². The molecule has 0 unspecified atom stereocenters. The van der Waals surface area contributed by atoms with Crippen molar-refractivity contribution < 1.29 is 23.1 Å². The zero-order valence-corrected chi connectivity index (χ0v) is 16.7. The number of amides is 2. The minimum absolute atomic E-state index is 0.0371. The first kappa shape index (κ1) is 20.3. The largest absolute Gasteiger partial charge is 0.496 e. The van der Waals surface area contributed by atoms with Gasteiger partial charge in [0.1, 0.15) is 23.4 Å². The van der Waals surface area contributed by atoms with Gasteiger partial charge >= 0.3 is 0 Å². The minimum Gasteiger partial charge on any atom is -0.496 e. The van der Waals surface area contributed by atoms with Crippen LogP contribution in [0.5, 0.6) is 5.75 Å². The van der Waals surface area contributed by atoms with E-state index in [1.807, 2.05) is 0 Å². The van der Waals surface area contributed by atoms with Gasteiger partial charge in [0, 0.05) is 12.1 Å². The van der Waals surface area contributed by atoms with Crippen LogP contribution < -0.4 is 10.1 Å². The van der Waals surface area contributed by atoms with Gasteiger partial charge in [-0.05, 0) is 49.4 Å². The number of rotatable bonds is 4. The molecule has 2 amide bonds. The van der Waals surface area contributed by atoms with E-state index in [4.69, 9.17) is 4.74 Å². The second-order valence-electron chi connectivity index (χ2n) is 7.89. The van der Waals surface area contributed by atoms with Gasteiger partial charge in [-0.15, -0.1) is 0 Å². The highest BCUT2D eigenvalue weighted by atomic mass is 19.1. The maximum Gasteiger partial charge on any atom is 0.258 e. The van der Waals surface area contributed by atoms with E-state index < -0.39 is 23.6 Å². The Morgan fingerprint density at radius 2 is 1.87 bits per heavy atom. The van der Waals surface area contributed by atoms with Crippen LogP contribution in [-0.2, 0) is 4.79 Å². The minimum atomic E-state index is -0.846. The van der Waals surface area contributed by atoms with Crippen molar-refractivity contribution in [1.29, 1.82) is 0 Å². The average molecular weight is 414 g/mol. The zero-order valence-electron chi connectivity index (χ0n) is 16.7. The second kappa shape index (κ2) is 8.42. The fourth-order valence-corrected chi connectivity index (χ4v) is 4.75. The third kappa shape index (κ3) is 3.76. The van der Waals surface area contributed by atoms with Gasteiger partial charge in [0.05, 0.1) is 18.4 Å². The number of nitrogens with zero attached hydrogens (tertiary/aromatic N) is 1. The predicted molar refractivity (Wildman–Crippen MR) is 108 cm³/mol. The van der Waals surface area contributed by atoms with Gasteiger partial charge in [0.25, 0.3) is 5.91 Å². The number of likely N-dealkylation sites (tertiary alicyclic amines) is 1. The first-order valence-corrected chi connectivity index (χ1v) is 10.2. The lowest BCUT2D eigenvalue weighted by molar-refractivity contribution is -0.120. The lowest BCUT2D eigenvalue weighted by atomic mass is 9.84. The molecule has 30 heavy (non-hydrogen) atoms. The molecule has 2 aromatic carbocycles. The number of fused-ring (bicyclic) bond motifs is 1. The Kier molecular flexibility index (Phi) is 5.70. The highest BCUT2D eigenvalue weighted by Crippen LogP contribution is 2.41. The van der Waals surface area contributed by atoms with Crippen molar-refractivity contribution in [1.82, 2.24) is 4.90 Å². The molecule has 0 radical (unpaired) electrons. The van der Waals surface area contributed by atoms with Crippen molar-refractivity contribution in [2.24, 2.45) is 5.92 Å². The number of methoxy groups -OCH3 is 1. The Hall–Kier alpha value is -2.96. The van der Waals surface area contributed by atoms with Crippen molar-refractivity contribution in [3.05, 3.63) is 59.7 Å². The molecular weight excluding hydrogens is 390 g/mol. The lowest BCUT2D eigenvalue weighted by Crippen LogP contribution is -2.48. The van der Waals surface area contributed by atoms with Crippen LogP contribution in [-0.4, -0.2) is 35.9 Å². The molecule has 0 aromatic heterocycles. The first-order chi connectivity index (χ1) is 14.5. The highest BCUT2D eigenvalue weighted by Gasteiger charge is 2.48. The summed E-state index contributed by atoms with van der Waals surface area (Å²) in [7, 11) is 1.50. The third-order valence-electron chi connectivity index (χ3n) is 6.15. The highest BCUT2D eigenvalue weighted by molar-refractivity contribution is 6.03. The number of hydrogen-bond donors (Lipinski definition) is 1. The van der Waals surface area contributed by atoms with Crippen LogP contribution in [0.25, 0.3) is 0 Å². The van der Waals surface area contributed by atoms with Gasteiger partial charge in [-0.1, -0.05) is 25.0 Å². The van der Waals surface area contributed by atoms with Crippen LogP contribution in [0.1, 0.15) is 42.5 Å². The number of para-hydroxylation sites is 1. The normalized spacial score (nSPS) is 23.0. The number of halogens is 2. The molecule has 0 bridgehead atoms. The molecule has 1 saturated heterocycles. The Morgan fingerprint density at radius 1 is 1.10 bits per heavy atom. The number of anilines is 1. The monoisotopic (exact) mass is 414 g/mol. The van der Waals surface area contributed by atoms with E-state index in [2.05, 4.69) is 5.32 Å². The lowest BCUT2D eigenvalue weighted by Gasteiger charge is -2.34. The molecule has 7 heteroatoms. The summed E-state index contributed by atoms with van der Waals surface area (Å²) >= 11 is 0. The topological polar surface area (TPSA) is 58.6 Å². The van der Waals surface area contributed by atoms with Crippen LogP contribution in [0.2, 0.25) is 0 Å². The van der Waals surface area contributed by atoms with E-state index >= 15 is 0 Å². The number of benzene rings is 2. The summed E-state index contributed by atoms with van der Waals surface area (Å²) in [4.78, 5) is 28.3. The number of nitrogens with one attached hydrogen (secondary N) is 1. The van der Waals surface area contributed by atoms with Gasteiger partial charge < -0.3 is 15.0 Å². The molecule has 2 aliphatic rings. The van der Waals surface area contributed by atoms with E-state index in [9.17, 15) is 18.4 Å². The quantitative estimate of drug-likeness (QED) is 0.808. The maximum absolute atomic E-state index is 14.1. The van der Waals surface area contributed by atoms with Crippen molar-refractivity contribution in [2.45, 2.75) is 44.2 Å². The van der Waals surface area contributed by atoms with Crippen LogP contribution in [0, 0.1) is 17.6 Å². The third-order valence-corrected chi connectivity index (χ3v) is 6.15. The Morgan fingerprint density at radius 3 is 2.63 bits per heavy atom. The number of carbonyl (C=O) groups is 2. The molecule has 1 N–H and O–H groups in total. The van der Waals surface area contributed by atoms with Gasteiger partial charge in [-0.2, -0.15) is 0 Å². The smallest absolute Gasteiger partial charge is 0.258 e. The van der Waals surface area contributed by atoms with Crippen LogP contribution in [0.3, 0.4) is 0 Å². The summed E-state index contributed by atoms with van der Waals surface area (Å²) in [5, 5.41) is 2.55. The Bertz CT molecular complexity index is 965. The molecule has 1 aliphatic carbocycles. The van der Waals surface area contributed by atoms with E-state index in [1.165, 1.54) is 13.2 Å². The summed E-state index contributed by atoms with van der Waals surface area (Å²) < 4.78 is 32.6. The molecule has 2 fully saturated rings. The second-order valence-corrected chi connectivity index (χ2v) is 7.89. The van der Waals surface area contributed by atoms with E-state index in [-0.39, 0.29) is 23.6 Å². The Balaban J connectivity index is 1.64. The van der Waals surface area contributed by atoms with Crippen LogP contribution in [0.4, 0.5) is 14.5 Å².